The quantitative estimate of drug-likeness (QED) is 0.633. The highest BCUT2D eigenvalue weighted by Gasteiger charge is 2.28. The molecule has 1 aromatic carbocycles. The molecule has 0 saturated heterocycles. The molecule has 0 spiro atoms. The average Bonchev–Trinajstić information content (AvgIpc) is 3.51. The number of amides is 1. The molecular formula is C23H25FN6O. The summed E-state index contributed by atoms with van der Waals surface area (Å²) in [5.41, 5.74) is 3.53. The second-order valence-corrected chi connectivity index (χ2v) is 8.38. The van der Waals surface area contributed by atoms with Crippen molar-refractivity contribution in [2.24, 2.45) is 0 Å². The van der Waals surface area contributed by atoms with E-state index in [1.54, 1.807) is 24.4 Å². The van der Waals surface area contributed by atoms with E-state index >= 15 is 0 Å². The van der Waals surface area contributed by atoms with E-state index in [9.17, 15) is 9.18 Å². The molecule has 1 saturated carbocycles. The fourth-order valence-electron chi connectivity index (χ4n) is 4.47. The first kappa shape index (κ1) is 19.7. The minimum absolute atomic E-state index is 0.0445. The molecule has 0 bridgehead atoms. The molecular weight excluding hydrogens is 395 g/mol. The van der Waals surface area contributed by atoms with Crippen molar-refractivity contribution >= 4 is 11.9 Å². The van der Waals surface area contributed by atoms with Crippen molar-refractivity contribution in [3.05, 3.63) is 71.1 Å². The molecule has 1 amide bonds. The van der Waals surface area contributed by atoms with Crippen molar-refractivity contribution in [3.8, 4) is 0 Å². The van der Waals surface area contributed by atoms with Crippen LogP contribution in [0.4, 0.5) is 10.3 Å². The van der Waals surface area contributed by atoms with Crippen molar-refractivity contribution < 1.29 is 9.18 Å². The van der Waals surface area contributed by atoms with Crippen LogP contribution in [0.1, 0.15) is 53.0 Å². The molecule has 7 nitrogen and oxygen atoms in total. The molecule has 2 aromatic heterocycles. The largest absolute Gasteiger partial charge is 0.337 e. The van der Waals surface area contributed by atoms with Crippen LogP contribution in [0.15, 0.2) is 42.7 Å². The SMILES string of the molecule is CN(C(=O)c1ccnc(N2Cc3cn(Cc4ccc(F)cc4)nc3C2)n1)C1CCCC1. The van der Waals surface area contributed by atoms with E-state index in [1.165, 1.54) is 25.0 Å². The number of carbonyl (C=O) groups excluding carboxylic acids is 1. The minimum Gasteiger partial charge on any atom is -0.337 e. The molecule has 160 valence electrons. The Labute approximate surface area is 180 Å². The predicted molar refractivity (Wildman–Crippen MR) is 114 cm³/mol. The molecule has 0 N–H and O–H groups in total. The molecule has 1 aliphatic heterocycles. The highest BCUT2D eigenvalue weighted by molar-refractivity contribution is 5.92. The van der Waals surface area contributed by atoms with Gasteiger partial charge in [0, 0.05) is 37.6 Å². The summed E-state index contributed by atoms with van der Waals surface area (Å²) in [6.45, 7) is 1.85. The molecule has 31 heavy (non-hydrogen) atoms. The number of aromatic nitrogens is 4. The summed E-state index contributed by atoms with van der Waals surface area (Å²) >= 11 is 0. The number of halogens is 1. The van der Waals surface area contributed by atoms with E-state index in [4.69, 9.17) is 0 Å². The molecule has 8 heteroatoms. The van der Waals surface area contributed by atoms with E-state index in [0.29, 0.717) is 37.3 Å². The van der Waals surface area contributed by atoms with E-state index in [-0.39, 0.29) is 11.7 Å². The zero-order valence-corrected chi connectivity index (χ0v) is 17.5. The van der Waals surface area contributed by atoms with E-state index in [1.807, 2.05) is 27.7 Å². The van der Waals surface area contributed by atoms with Crippen LogP contribution in [0.25, 0.3) is 0 Å². The Morgan fingerprint density at radius 1 is 1.16 bits per heavy atom. The third-order valence-corrected chi connectivity index (χ3v) is 6.22. The highest BCUT2D eigenvalue weighted by Crippen LogP contribution is 2.26. The van der Waals surface area contributed by atoms with Crippen LogP contribution in [0.2, 0.25) is 0 Å². The van der Waals surface area contributed by atoms with E-state index < -0.39 is 0 Å². The zero-order valence-electron chi connectivity index (χ0n) is 17.5. The summed E-state index contributed by atoms with van der Waals surface area (Å²) < 4.78 is 15.0. The molecule has 3 aromatic rings. The summed E-state index contributed by atoms with van der Waals surface area (Å²) in [4.78, 5) is 25.7. The second kappa shape index (κ2) is 8.09. The maximum Gasteiger partial charge on any atom is 0.272 e. The molecule has 0 radical (unpaired) electrons. The van der Waals surface area contributed by atoms with Gasteiger partial charge in [-0.1, -0.05) is 25.0 Å². The molecule has 0 unspecified atom stereocenters. The fraction of sp³-hybridized carbons (Fsp3) is 0.391. The van der Waals surface area contributed by atoms with Gasteiger partial charge in [-0.05, 0) is 36.6 Å². The molecule has 2 aliphatic rings. The summed E-state index contributed by atoms with van der Waals surface area (Å²) in [6, 6.07) is 8.47. The number of anilines is 1. The van der Waals surface area contributed by atoms with Gasteiger partial charge in [0.2, 0.25) is 5.95 Å². The number of hydrogen-bond acceptors (Lipinski definition) is 5. The molecule has 0 atom stereocenters. The first-order chi connectivity index (χ1) is 15.1. The van der Waals surface area contributed by atoms with Gasteiger partial charge in [0.1, 0.15) is 11.5 Å². The van der Waals surface area contributed by atoms with Gasteiger partial charge < -0.3 is 9.80 Å². The van der Waals surface area contributed by atoms with Crippen LogP contribution in [-0.2, 0) is 19.6 Å². The Bertz CT molecular complexity index is 1070. The maximum absolute atomic E-state index is 13.1. The van der Waals surface area contributed by atoms with Gasteiger partial charge in [0.15, 0.2) is 0 Å². The Morgan fingerprint density at radius 3 is 2.68 bits per heavy atom. The normalized spacial score (nSPS) is 16.0. The van der Waals surface area contributed by atoms with Gasteiger partial charge in [-0.25, -0.2) is 14.4 Å². The van der Waals surface area contributed by atoms with Crippen LogP contribution in [0, 0.1) is 5.82 Å². The number of hydrogen-bond donors (Lipinski definition) is 0. The zero-order chi connectivity index (χ0) is 21.4. The van der Waals surface area contributed by atoms with Crippen molar-refractivity contribution in [1.29, 1.82) is 0 Å². The lowest BCUT2D eigenvalue weighted by Crippen LogP contribution is -2.36. The summed E-state index contributed by atoms with van der Waals surface area (Å²) in [6.07, 6.45) is 8.16. The predicted octanol–water partition coefficient (Wildman–Crippen LogP) is 3.40. The lowest BCUT2D eigenvalue weighted by molar-refractivity contribution is 0.0729. The van der Waals surface area contributed by atoms with Gasteiger partial charge in [-0.2, -0.15) is 5.10 Å². The smallest absolute Gasteiger partial charge is 0.272 e. The van der Waals surface area contributed by atoms with Gasteiger partial charge >= 0.3 is 0 Å². The van der Waals surface area contributed by atoms with Gasteiger partial charge in [0.05, 0.1) is 18.8 Å². The Kier molecular flexibility index (Phi) is 5.13. The second-order valence-electron chi connectivity index (χ2n) is 8.38. The van der Waals surface area contributed by atoms with E-state index in [0.717, 1.165) is 29.7 Å². The number of rotatable bonds is 5. The fourth-order valence-corrected chi connectivity index (χ4v) is 4.47. The Balaban J connectivity index is 1.27. The van der Waals surface area contributed by atoms with Crippen LogP contribution < -0.4 is 4.90 Å². The standard InChI is InChI=1S/C23H25FN6O/c1-28(19-4-2-3-5-19)22(31)20-10-11-25-23(26-20)29-13-17-14-30(27-21(17)15-29)12-16-6-8-18(24)9-7-16/h6-11,14,19H,2-5,12-13,15H2,1H3. The minimum atomic E-state index is -0.238. The first-order valence-corrected chi connectivity index (χ1v) is 10.7. The van der Waals surface area contributed by atoms with Crippen molar-refractivity contribution in [3.63, 3.8) is 0 Å². The van der Waals surface area contributed by atoms with Gasteiger partial charge in [0.25, 0.3) is 5.91 Å². The summed E-state index contributed by atoms with van der Waals surface area (Å²) in [7, 11) is 1.87. The van der Waals surface area contributed by atoms with Crippen molar-refractivity contribution in [2.75, 3.05) is 11.9 Å². The number of fused-ring (bicyclic) bond motifs is 1. The van der Waals surface area contributed by atoms with Gasteiger partial charge in [-0.15, -0.1) is 0 Å². The third kappa shape index (κ3) is 4.02. The average molecular weight is 420 g/mol. The monoisotopic (exact) mass is 420 g/mol. The Hall–Kier alpha value is -3.29. The number of nitrogens with zero attached hydrogens (tertiary/aromatic N) is 6. The number of carbonyl (C=O) groups is 1. The van der Waals surface area contributed by atoms with Crippen molar-refractivity contribution in [2.45, 2.75) is 51.4 Å². The van der Waals surface area contributed by atoms with Crippen LogP contribution in [-0.4, -0.2) is 43.6 Å². The lowest BCUT2D eigenvalue weighted by Gasteiger charge is -2.24. The lowest BCUT2D eigenvalue weighted by atomic mass is 10.2. The highest BCUT2D eigenvalue weighted by atomic mass is 19.1. The van der Waals surface area contributed by atoms with E-state index in [2.05, 4.69) is 15.1 Å². The molecule has 1 aliphatic carbocycles. The maximum atomic E-state index is 13.1. The summed E-state index contributed by atoms with van der Waals surface area (Å²) in [5, 5.41) is 4.67. The van der Waals surface area contributed by atoms with Crippen LogP contribution >= 0.6 is 0 Å². The van der Waals surface area contributed by atoms with Crippen LogP contribution in [0.5, 0.6) is 0 Å². The first-order valence-electron chi connectivity index (χ1n) is 10.7. The molecule has 3 heterocycles. The van der Waals surface area contributed by atoms with Gasteiger partial charge in [-0.3, -0.25) is 9.48 Å². The third-order valence-electron chi connectivity index (χ3n) is 6.22. The molecule has 1 fully saturated rings. The summed E-state index contributed by atoms with van der Waals surface area (Å²) in [5.74, 6) is 0.267. The molecule has 5 rings (SSSR count). The number of benzene rings is 1. The Morgan fingerprint density at radius 2 is 1.94 bits per heavy atom. The van der Waals surface area contributed by atoms with Crippen LogP contribution in [0.3, 0.4) is 0 Å². The topological polar surface area (TPSA) is 67.2 Å². The van der Waals surface area contributed by atoms with Crippen molar-refractivity contribution in [1.82, 2.24) is 24.6 Å².